The van der Waals surface area contributed by atoms with Crippen molar-refractivity contribution < 1.29 is 33.3 Å². The summed E-state index contributed by atoms with van der Waals surface area (Å²) < 4.78 is 39.9. The monoisotopic (exact) mass is 493 g/mol. The first-order valence-corrected chi connectivity index (χ1v) is 10.9. The van der Waals surface area contributed by atoms with Crippen LogP contribution < -0.4 is 10.2 Å². The lowest BCUT2D eigenvalue weighted by Gasteiger charge is -2.19. The zero-order valence-corrected chi connectivity index (χ0v) is 18.2. The van der Waals surface area contributed by atoms with Gasteiger partial charge < -0.3 is 30.1 Å². The van der Waals surface area contributed by atoms with Gasteiger partial charge in [-0.1, -0.05) is 0 Å². The molecule has 35 heavy (non-hydrogen) atoms. The predicted octanol–water partition coefficient (Wildman–Crippen LogP) is 1.30. The fourth-order valence-electron chi connectivity index (χ4n) is 4.75. The van der Waals surface area contributed by atoms with Gasteiger partial charge in [0, 0.05) is 25.3 Å². The van der Waals surface area contributed by atoms with E-state index in [1.54, 1.807) is 4.57 Å². The highest BCUT2D eigenvalue weighted by Gasteiger charge is 2.46. The van der Waals surface area contributed by atoms with Crippen molar-refractivity contribution in [1.82, 2.24) is 24.5 Å². The van der Waals surface area contributed by atoms with E-state index in [0.29, 0.717) is 42.3 Å². The molecular formula is C21H22F3N7O4. The molecule has 0 bridgehead atoms. The van der Waals surface area contributed by atoms with Crippen molar-refractivity contribution in [3.05, 3.63) is 36.5 Å². The van der Waals surface area contributed by atoms with Crippen LogP contribution in [0.25, 0.3) is 11.2 Å². The Morgan fingerprint density at radius 1 is 1.11 bits per heavy atom. The molecule has 0 spiro atoms. The van der Waals surface area contributed by atoms with Crippen LogP contribution in [0.15, 0.2) is 31.0 Å². The van der Waals surface area contributed by atoms with E-state index in [4.69, 9.17) is 0 Å². The number of nitrogens with one attached hydrogen (secondary N) is 1. The number of imidazole rings is 1. The summed E-state index contributed by atoms with van der Waals surface area (Å²) in [5.41, 5.74) is -0.00761. The summed E-state index contributed by atoms with van der Waals surface area (Å²) in [6, 6.07) is 1.55. The van der Waals surface area contributed by atoms with Gasteiger partial charge in [0.2, 0.25) is 0 Å². The van der Waals surface area contributed by atoms with Crippen molar-refractivity contribution in [3.63, 3.8) is 0 Å². The molecule has 3 aromatic rings. The molecule has 11 nitrogen and oxygen atoms in total. The molecule has 5 atom stereocenters. The zero-order chi connectivity index (χ0) is 24.9. The fraction of sp³-hybridized carbons (Fsp3) is 0.476. The summed E-state index contributed by atoms with van der Waals surface area (Å²) in [6.07, 6.45) is -2.86. The van der Waals surface area contributed by atoms with E-state index in [1.807, 2.05) is 4.90 Å². The van der Waals surface area contributed by atoms with Gasteiger partial charge in [-0.05, 0) is 25.0 Å². The highest BCUT2D eigenvalue weighted by atomic mass is 19.4. The van der Waals surface area contributed by atoms with Gasteiger partial charge in [-0.2, -0.15) is 13.2 Å². The van der Waals surface area contributed by atoms with Gasteiger partial charge in [-0.25, -0.2) is 19.9 Å². The van der Waals surface area contributed by atoms with Crippen LogP contribution in [-0.4, -0.2) is 77.1 Å². The fourth-order valence-corrected chi connectivity index (χ4v) is 4.75. The predicted molar refractivity (Wildman–Crippen MR) is 116 cm³/mol. The number of pyridine rings is 1. The maximum Gasteiger partial charge on any atom is 0.417 e. The molecule has 1 saturated heterocycles. The van der Waals surface area contributed by atoms with E-state index in [-0.39, 0.29) is 12.5 Å². The summed E-state index contributed by atoms with van der Waals surface area (Å²) in [6.45, 7) is 1.07. The molecule has 0 aromatic carbocycles. The Balaban J connectivity index is 1.31. The molecular weight excluding hydrogens is 471 g/mol. The van der Waals surface area contributed by atoms with Gasteiger partial charge in [0.1, 0.15) is 23.8 Å². The SMILES string of the molecule is O=C(O)[C@H]1C[C@@H](n2cnc3c(N[C@H]4CCN(c5ccc(C(F)(F)F)cn5)C4)ncnc32)[C@H](O)[C@@H]1O. The summed E-state index contributed by atoms with van der Waals surface area (Å²) in [7, 11) is 0. The number of alkyl halides is 3. The van der Waals surface area contributed by atoms with E-state index in [1.165, 1.54) is 18.7 Å². The lowest BCUT2D eigenvalue weighted by Crippen LogP contribution is -2.32. The van der Waals surface area contributed by atoms with E-state index >= 15 is 0 Å². The molecule has 2 aliphatic rings. The molecule has 1 aliphatic heterocycles. The van der Waals surface area contributed by atoms with Gasteiger partial charge in [0.15, 0.2) is 11.5 Å². The third-order valence-electron chi connectivity index (χ3n) is 6.61. The largest absolute Gasteiger partial charge is 0.481 e. The molecule has 4 heterocycles. The van der Waals surface area contributed by atoms with Crippen LogP contribution in [0.1, 0.15) is 24.4 Å². The van der Waals surface area contributed by atoms with Crippen molar-refractivity contribution in [2.75, 3.05) is 23.3 Å². The second kappa shape index (κ2) is 8.61. The van der Waals surface area contributed by atoms with Crippen molar-refractivity contribution in [2.45, 2.75) is 43.3 Å². The van der Waals surface area contributed by atoms with Crippen molar-refractivity contribution in [1.29, 1.82) is 0 Å². The number of hydrogen-bond donors (Lipinski definition) is 4. The molecule has 5 rings (SSSR count). The molecule has 0 unspecified atom stereocenters. The molecule has 0 amide bonds. The number of carbonyl (C=O) groups is 1. The Morgan fingerprint density at radius 3 is 2.57 bits per heavy atom. The number of aliphatic carboxylic acids is 1. The summed E-state index contributed by atoms with van der Waals surface area (Å²) in [5.74, 6) is -1.41. The Labute approximate surface area is 196 Å². The number of nitrogens with zero attached hydrogens (tertiary/aromatic N) is 6. The molecule has 14 heteroatoms. The molecule has 2 fully saturated rings. The Hall–Kier alpha value is -3.52. The topological polar surface area (TPSA) is 150 Å². The van der Waals surface area contributed by atoms with Gasteiger partial charge in [0.25, 0.3) is 0 Å². The summed E-state index contributed by atoms with van der Waals surface area (Å²) >= 11 is 0. The standard InChI is InChI=1S/C21H22F3N7O4/c22-21(23,24)10-1-2-14(25-6-10)30-4-3-11(7-30)29-18-15-19(27-8-26-18)31(9-28-15)13-5-12(20(34)35)16(32)17(13)33/h1-2,6,8-9,11-13,16-17,32-33H,3-5,7H2,(H,34,35)(H,26,27,29)/t11-,12-,13+,16+,17-/m0/s1. The first-order valence-electron chi connectivity index (χ1n) is 10.9. The number of aliphatic hydroxyl groups excluding tert-OH is 2. The molecule has 0 radical (unpaired) electrons. The molecule has 1 aliphatic carbocycles. The number of anilines is 2. The second-order valence-electron chi connectivity index (χ2n) is 8.75. The van der Waals surface area contributed by atoms with Crippen LogP contribution >= 0.6 is 0 Å². The smallest absolute Gasteiger partial charge is 0.417 e. The normalized spacial score (nSPS) is 27.0. The maximum atomic E-state index is 12.8. The van der Waals surface area contributed by atoms with Crippen molar-refractivity contribution in [3.8, 4) is 0 Å². The number of aliphatic hydroxyl groups is 2. The van der Waals surface area contributed by atoms with Gasteiger partial charge in [0.05, 0.1) is 30.0 Å². The van der Waals surface area contributed by atoms with Crippen LogP contribution in [0.3, 0.4) is 0 Å². The van der Waals surface area contributed by atoms with Crippen LogP contribution in [-0.2, 0) is 11.0 Å². The van der Waals surface area contributed by atoms with Crippen LogP contribution in [0, 0.1) is 5.92 Å². The highest BCUT2D eigenvalue weighted by Crippen LogP contribution is 2.37. The Kier molecular flexibility index (Phi) is 5.71. The summed E-state index contributed by atoms with van der Waals surface area (Å²) in [4.78, 5) is 30.0. The highest BCUT2D eigenvalue weighted by molar-refractivity contribution is 5.83. The maximum absolute atomic E-state index is 12.8. The molecule has 3 aromatic heterocycles. The number of rotatable bonds is 5. The average molecular weight is 493 g/mol. The zero-order valence-electron chi connectivity index (χ0n) is 18.2. The second-order valence-corrected chi connectivity index (χ2v) is 8.75. The van der Waals surface area contributed by atoms with Crippen LogP contribution in [0.5, 0.6) is 0 Å². The minimum absolute atomic E-state index is 0.0214. The number of hydrogen-bond acceptors (Lipinski definition) is 9. The van der Waals surface area contributed by atoms with E-state index < -0.39 is 41.9 Å². The number of carboxylic acids is 1. The van der Waals surface area contributed by atoms with Gasteiger partial charge in [-0.3, -0.25) is 4.79 Å². The van der Waals surface area contributed by atoms with Crippen LogP contribution in [0.4, 0.5) is 24.8 Å². The van der Waals surface area contributed by atoms with Gasteiger partial charge >= 0.3 is 12.1 Å². The lowest BCUT2D eigenvalue weighted by molar-refractivity contribution is -0.146. The van der Waals surface area contributed by atoms with Crippen molar-refractivity contribution >= 4 is 28.8 Å². The quantitative estimate of drug-likeness (QED) is 0.410. The molecule has 1 saturated carbocycles. The molecule has 186 valence electrons. The van der Waals surface area contributed by atoms with E-state index in [0.717, 1.165) is 12.3 Å². The minimum atomic E-state index is -4.44. The molecule has 4 N–H and O–H groups in total. The number of carboxylic acid groups (broad SMARTS) is 1. The number of fused-ring (bicyclic) bond motifs is 1. The average Bonchev–Trinajstić information content (AvgIpc) is 3.52. The minimum Gasteiger partial charge on any atom is -0.481 e. The van der Waals surface area contributed by atoms with Crippen LogP contribution in [0.2, 0.25) is 0 Å². The van der Waals surface area contributed by atoms with Crippen molar-refractivity contribution in [2.24, 2.45) is 5.92 Å². The Bertz CT molecular complexity index is 1240. The van der Waals surface area contributed by atoms with E-state index in [2.05, 4.69) is 25.3 Å². The number of aromatic nitrogens is 5. The van der Waals surface area contributed by atoms with E-state index in [9.17, 15) is 33.3 Å². The Morgan fingerprint density at radius 2 is 1.91 bits per heavy atom. The third kappa shape index (κ3) is 4.23. The lowest BCUT2D eigenvalue weighted by atomic mass is 10.1. The first kappa shape index (κ1) is 23.2. The number of halogens is 3. The first-order chi connectivity index (χ1) is 16.6. The van der Waals surface area contributed by atoms with Gasteiger partial charge in [-0.15, -0.1) is 0 Å². The summed E-state index contributed by atoms with van der Waals surface area (Å²) in [5, 5.41) is 33.1. The third-order valence-corrected chi connectivity index (χ3v) is 6.61.